The molecule has 0 unspecified atom stereocenters. The van der Waals surface area contributed by atoms with Crippen molar-refractivity contribution < 1.29 is 19.5 Å². The van der Waals surface area contributed by atoms with Gasteiger partial charge in [-0.25, -0.2) is 4.68 Å². The Bertz CT molecular complexity index is 988. The molecule has 0 aromatic carbocycles. The zero-order chi connectivity index (χ0) is 19.8. The quantitative estimate of drug-likeness (QED) is 0.675. The Morgan fingerprint density at radius 1 is 1.33 bits per heavy atom. The van der Waals surface area contributed by atoms with Crippen LogP contribution in [-0.2, 0) is 24.3 Å². The molecule has 3 N–H and O–H groups in total. The number of carbonyl (C=O) groups is 3. The lowest BCUT2D eigenvalue weighted by molar-refractivity contribution is -0.137. The van der Waals surface area contributed by atoms with Crippen LogP contribution in [0.15, 0.2) is 17.1 Å². The predicted molar refractivity (Wildman–Crippen MR) is 92.3 cm³/mol. The van der Waals surface area contributed by atoms with E-state index in [1.165, 1.54) is 12.3 Å². The molecule has 1 aliphatic rings. The van der Waals surface area contributed by atoms with Gasteiger partial charge in [0.25, 0.3) is 11.5 Å². The van der Waals surface area contributed by atoms with Gasteiger partial charge < -0.3 is 15.4 Å². The highest BCUT2D eigenvalue weighted by Crippen LogP contribution is 2.33. The van der Waals surface area contributed by atoms with Crippen molar-refractivity contribution in [2.24, 2.45) is 5.41 Å². The third-order valence-electron chi connectivity index (χ3n) is 4.28. The largest absolute Gasteiger partial charge is 0.480 e. The first kappa shape index (κ1) is 18.5. The summed E-state index contributed by atoms with van der Waals surface area (Å²) in [5, 5.41) is 18.6. The summed E-state index contributed by atoms with van der Waals surface area (Å²) in [6, 6.07) is 1.34. The number of nitrogens with one attached hydrogen (secondary N) is 2. The second-order valence-corrected chi connectivity index (χ2v) is 7.33. The SMILES string of the molecule is CC1(C)CC(=O)c2cc(C(=O)NCc3cn(CC(=O)O)nn3)c(=O)[nH]c2C1. The molecule has 10 nitrogen and oxygen atoms in total. The van der Waals surface area contributed by atoms with Crippen LogP contribution in [0.5, 0.6) is 0 Å². The number of Topliss-reactive ketones (excluding diaryl/α,β-unsaturated/α-hetero) is 1. The van der Waals surface area contributed by atoms with E-state index in [1.807, 2.05) is 13.8 Å². The number of carboxylic acid groups (broad SMARTS) is 1. The molecule has 0 fully saturated rings. The number of nitrogens with zero attached hydrogens (tertiary/aromatic N) is 3. The van der Waals surface area contributed by atoms with E-state index >= 15 is 0 Å². The average molecular weight is 373 g/mol. The number of ketones is 1. The third kappa shape index (κ3) is 4.10. The first-order valence-corrected chi connectivity index (χ1v) is 8.33. The van der Waals surface area contributed by atoms with E-state index in [2.05, 4.69) is 20.6 Å². The summed E-state index contributed by atoms with van der Waals surface area (Å²) >= 11 is 0. The lowest BCUT2D eigenvalue weighted by Gasteiger charge is -2.29. The number of rotatable bonds is 5. The maximum Gasteiger partial charge on any atom is 0.325 e. The second-order valence-electron chi connectivity index (χ2n) is 7.33. The molecule has 0 saturated carbocycles. The molecule has 2 heterocycles. The number of hydrogen-bond donors (Lipinski definition) is 3. The number of carbonyl (C=O) groups excluding carboxylic acids is 2. The Balaban J connectivity index is 1.75. The molecule has 2 aromatic heterocycles. The highest BCUT2D eigenvalue weighted by Gasteiger charge is 2.32. The number of aliphatic carboxylic acids is 1. The van der Waals surface area contributed by atoms with Crippen LogP contribution in [-0.4, -0.2) is 42.7 Å². The molecule has 27 heavy (non-hydrogen) atoms. The fourth-order valence-corrected chi connectivity index (χ4v) is 3.10. The molecule has 0 bridgehead atoms. The van der Waals surface area contributed by atoms with E-state index in [9.17, 15) is 19.2 Å². The summed E-state index contributed by atoms with van der Waals surface area (Å²) in [5.74, 6) is -1.82. The lowest BCUT2D eigenvalue weighted by Crippen LogP contribution is -2.34. The van der Waals surface area contributed by atoms with Crippen LogP contribution in [0.3, 0.4) is 0 Å². The van der Waals surface area contributed by atoms with E-state index in [4.69, 9.17) is 5.11 Å². The van der Waals surface area contributed by atoms with Gasteiger partial charge in [0.2, 0.25) is 0 Å². The number of hydrogen-bond acceptors (Lipinski definition) is 6. The third-order valence-corrected chi connectivity index (χ3v) is 4.28. The summed E-state index contributed by atoms with van der Waals surface area (Å²) in [5.41, 5.74) is 0.308. The minimum atomic E-state index is -1.07. The van der Waals surface area contributed by atoms with Gasteiger partial charge in [0, 0.05) is 17.7 Å². The van der Waals surface area contributed by atoms with Gasteiger partial charge in [-0.1, -0.05) is 19.1 Å². The van der Waals surface area contributed by atoms with Crippen molar-refractivity contribution in [1.82, 2.24) is 25.3 Å². The van der Waals surface area contributed by atoms with E-state index in [0.29, 0.717) is 29.8 Å². The van der Waals surface area contributed by atoms with E-state index in [1.54, 1.807) is 0 Å². The number of H-pyrrole nitrogens is 1. The zero-order valence-corrected chi connectivity index (χ0v) is 14.9. The molecule has 0 spiro atoms. The Morgan fingerprint density at radius 3 is 2.78 bits per heavy atom. The maximum absolute atomic E-state index is 12.4. The van der Waals surface area contributed by atoms with Crippen molar-refractivity contribution in [3.63, 3.8) is 0 Å². The fraction of sp³-hybridized carbons (Fsp3) is 0.412. The fourth-order valence-electron chi connectivity index (χ4n) is 3.10. The van der Waals surface area contributed by atoms with Crippen molar-refractivity contribution in [3.8, 4) is 0 Å². The van der Waals surface area contributed by atoms with Crippen LogP contribution >= 0.6 is 0 Å². The topological polar surface area (TPSA) is 147 Å². The number of pyridine rings is 1. The van der Waals surface area contributed by atoms with Gasteiger partial charge in [-0.3, -0.25) is 19.2 Å². The molecule has 10 heteroatoms. The minimum absolute atomic E-state index is 0.0318. The van der Waals surface area contributed by atoms with Crippen LogP contribution in [0.25, 0.3) is 0 Å². The molecule has 0 saturated heterocycles. The van der Waals surface area contributed by atoms with E-state index in [0.717, 1.165) is 4.68 Å². The number of carboxylic acids is 1. The molecular formula is C17H19N5O5. The Morgan fingerprint density at radius 2 is 2.07 bits per heavy atom. The average Bonchev–Trinajstić information content (AvgIpc) is 2.97. The molecule has 2 aromatic rings. The molecule has 3 rings (SSSR count). The number of fused-ring (bicyclic) bond motifs is 1. The van der Waals surface area contributed by atoms with Crippen LogP contribution < -0.4 is 10.9 Å². The summed E-state index contributed by atoms with van der Waals surface area (Å²) in [6.07, 6.45) is 2.29. The van der Waals surface area contributed by atoms with Crippen LogP contribution in [0.1, 0.15) is 52.4 Å². The van der Waals surface area contributed by atoms with Gasteiger partial charge in [-0.15, -0.1) is 5.10 Å². The molecule has 1 aliphatic carbocycles. The van der Waals surface area contributed by atoms with E-state index in [-0.39, 0.29) is 29.9 Å². The molecule has 1 amide bonds. The summed E-state index contributed by atoms with van der Waals surface area (Å²) < 4.78 is 1.12. The molecule has 142 valence electrons. The standard InChI is InChI=1S/C17H19N5O5/c1-17(2)4-12-10(13(23)5-17)3-11(16(27)19-12)15(26)18-6-9-7-22(21-20-9)8-14(24)25/h3,7H,4-6,8H2,1-2H3,(H,18,26)(H,19,27)(H,24,25). The highest BCUT2D eigenvalue weighted by molar-refractivity contribution is 6.02. The van der Waals surface area contributed by atoms with Crippen LogP contribution in [0.2, 0.25) is 0 Å². The first-order chi connectivity index (χ1) is 12.6. The molecule has 0 aliphatic heterocycles. The zero-order valence-electron chi connectivity index (χ0n) is 14.9. The van der Waals surface area contributed by atoms with Crippen molar-refractivity contribution in [3.05, 3.63) is 45.1 Å². The minimum Gasteiger partial charge on any atom is -0.480 e. The van der Waals surface area contributed by atoms with Crippen LogP contribution in [0, 0.1) is 5.41 Å². The normalized spacial score (nSPS) is 15.3. The molecular weight excluding hydrogens is 354 g/mol. The second kappa shape index (κ2) is 6.78. The molecule has 0 atom stereocenters. The Hall–Kier alpha value is -3.30. The maximum atomic E-state index is 12.4. The van der Waals surface area contributed by atoms with Crippen molar-refractivity contribution in [2.75, 3.05) is 0 Å². The Kier molecular flexibility index (Phi) is 4.64. The summed E-state index contributed by atoms with van der Waals surface area (Å²) in [7, 11) is 0. The van der Waals surface area contributed by atoms with Gasteiger partial charge >= 0.3 is 5.97 Å². The number of amides is 1. The number of aromatic nitrogens is 4. The lowest BCUT2D eigenvalue weighted by atomic mass is 9.75. The summed E-state index contributed by atoms with van der Waals surface area (Å²) in [4.78, 5) is 50.2. The first-order valence-electron chi connectivity index (χ1n) is 8.33. The van der Waals surface area contributed by atoms with Gasteiger partial charge in [0.1, 0.15) is 17.8 Å². The van der Waals surface area contributed by atoms with Gasteiger partial charge in [-0.05, 0) is 17.9 Å². The number of aromatic amines is 1. The predicted octanol–water partition coefficient (Wildman–Crippen LogP) is 0.136. The highest BCUT2D eigenvalue weighted by atomic mass is 16.4. The van der Waals surface area contributed by atoms with Gasteiger partial charge in [0.05, 0.1) is 12.7 Å². The van der Waals surface area contributed by atoms with Gasteiger partial charge in [0.15, 0.2) is 5.78 Å². The monoisotopic (exact) mass is 373 g/mol. The van der Waals surface area contributed by atoms with Gasteiger partial charge in [-0.2, -0.15) is 0 Å². The smallest absolute Gasteiger partial charge is 0.325 e. The van der Waals surface area contributed by atoms with Crippen molar-refractivity contribution in [2.45, 2.75) is 39.8 Å². The van der Waals surface area contributed by atoms with Crippen molar-refractivity contribution >= 4 is 17.7 Å². The van der Waals surface area contributed by atoms with Crippen molar-refractivity contribution in [1.29, 1.82) is 0 Å². The Labute approximate surface area is 153 Å². The van der Waals surface area contributed by atoms with E-state index < -0.39 is 17.4 Å². The molecule has 0 radical (unpaired) electrons. The summed E-state index contributed by atoms with van der Waals surface area (Å²) in [6.45, 7) is 3.52. The van der Waals surface area contributed by atoms with Crippen LogP contribution in [0.4, 0.5) is 0 Å².